The molecule has 0 aliphatic rings. The van der Waals surface area contributed by atoms with Gasteiger partial charge in [-0.3, -0.25) is 0 Å². The first kappa shape index (κ1) is 16.4. The highest BCUT2D eigenvalue weighted by Gasteiger charge is 2.08. The van der Waals surface area contributed by atoms with Crippen molar-refractivity contribution in [3.63, 3.8) is 0 Å². The van der Waals surface area contributed by atoms with E-state index in [9.17, 15) is 0 Å². The largest absolute Gasteiger partial charge is 0.339 e. The van der Waals surface area contributed by atoms with Crippen LogP contribution in [-0.2, 0) is 12.2 Å². The third kappa shape index (κ3) is 4.50. The van der Waals surface area contributed by atoms with Crippen LogP contribution >= 0.6 is 35.0 Å². The first-order valence-electron chi connectivity index (χ1n) is 7.12. The molecule has 2 aromatic carbocycles. The van der Waals surface area contributed by atoms with Gasteiger partial charge < -0.3 is 4.52 Å². The summed E-state index contributed by atoms with van der Waals surface area (Å²) in [5.74, 6) is 3.06. The number of hydrogen-bond acceptors (Lipinski definition) is 4. The Labute approximate surface area is 149 Å². The summed E-state index contributed by atoms with van der Waals surface area (Å²) in [6.07, 6.45) is 0.742. The maximum absolute atomic E-state index is 6.01. The van der Waals surface area contributed by atoms with Gasteiger partial charge >= 0.3 is 0 Å². The standard InChI is InChI=1S/C17H14Cl2N2OS/c18-14-7-6-12(10-15(14)19)11-23-9-8-16-20-17(21-22-16)13-4-2-1-3-5-13/h1-7,10H,8-9,11H2. The van der Waals surface area contributed by atoms with Crippen molar-refractivity contribution in [1.82, 2.24) is 10.1 Å². The Bertz CT molecular complexity index is 777. The molecule has 0 amide bonds. The van der Waals surface area contributed by atoms with E-state index in [1.807, 2.05) is 48.5 Å². The lowest BCUT2D eigenvalue weighted by Gasteiger charge is -2.02. The molecule has 0 aliphatic carbocycles. The molecule has 3 aromatic rings. The van der Waals surface area contributed by atoms with Gasteiger partial charge in [-0.2, -0.15) is 16.7 Å². The van der Waals surface area contributed by atoms with Crippen LogP contribution in [0.2, 0.25) is 10.0 Å². The van der Waals surface area contributed by atoms with Crippen LogP contribution in [0.1, 0.15) is 11.5 Å². The molecule has 0 fully saturated rings. The van der Waals surface area contributed by atoms with Crippen LogP contribution in [0.4, 0.5) is 0 Å². The predicted octanol–water partition coefficient (Wildman–Crippen LogP) is 5.52. The molecule has 23 heavy (non-hydrogen) atoms. The smallest absolute Gasteiger partial charge is 0.227 e. The SMILES string of the molecule is Clc1ccc(CSCCc2nc(-c3ccccc3)no2)cc1Cl. The van der Waals surface area contributed by atoms with E-state index in [1.54, 1.807) is 11.8 Å². The van der Waals surface area contributed by atoms with Gasteiger partial charge in [-0.15, -0.1) is 0 Å². The molecule has 0 radical (unpaired) electrons. The summed E-state index contributed by atoms with van der Waals surface area (Å²) in [6, 6.07) is 15.5. The molecule has 0 aliphatic heterocycles. The Balaban J connectivity index is 1.49. The van der Waals surface area contributed by atoms with Gasteiger partial charge in [0, 0.05) is 23.5 Å². The number of hydrogen-bond donors (Lipinski definition) is 0. The average Bonchev–Trinajstić information content (AvgIpc) is 3.05. The van der Waals surface area contributed by atoms with Crippen LogP contribution in [0.3, 0.4) is 0 Å². The van der Waals surface area contributed by atoms with Crippen LogP contribution in [0.25, 0.3) is 11.4 Å². The van der Waals surface area contributed by atoms with Crippen molar-refractivity contribution in [2.24, 2.45) is 0 Å². The Morgan fingerprint density at radius 2 is 1.83 bits per heavy atom. The summed E-state index contributed by atoms with van der Waals surface area (Å²) >= 11 is 13.7. The number of halogens is 2. The van der Waals surface area contributed by atoms with Gasteiger partial charge in [0.25, 0.3) is 0 Å². The van der Waals surface area contributed by atoms with E-state index < -0.39 is 0 Å². The molecule has 118 valence electrons. The number of nitrogens with zero attached hydrogens (tertiary/aromatic N) is 2. The Hall–Kier alpha value is -1.49. The number of benzene rings is 2. The maximum Gasteiger partial charge on any atom is 0.227 e. The molecule has 0 N–H and O–H groups in total. The van der Waals surface area contributed by atoms with Gasteiger partial charge in [0.05, 0.1) is 10.0 Å². The molecule has 0 saturated heterocycles. The average molecular weight is 365 g/mol. The highest BCUT2D eigenvalue weighted by atomic mass is 35.5. The second-order valence-electron chi connectivity index (χ2n) is 4.93. The van der Waals surface area contributed by atoms with Gasteiger partial charge in [0.1, 0.15) is 0 Å². The topological polar surface area (TPSA) is 38.9 Å². The second kappa shape index (κ2) is 7.86. The summed E-state index contributed by atoms with van der Waals surface area (Å²) < 4.78 is 5.29. The first-order valence-corrected chi connectivity index (χ1v) is 9.03. The Morgan fingerprint density at radius 3 is 2.61 bits per heavy atom. The van der Waals surface area contributed by atoms with E-state index in [0.717, 1.165) is 29.1 Å². The minimum atomic E-state index is 0.583. The van der Waals surface area contributed by atoms with Crippen molar-refractivity contribution < 1.29 is 4.52 Å². The van der Waals surface area contributed by atoms with Crippen molar-refractivity contribution in [3.8, 4) is 11.4 Å². The zero-order valence-corrected chi connectivity index (χ0v) is 14.5. The molecule has 0 bridgehead atoms. The number of aryl methyl sites for hydroxylation is 1. The molecular weight excluding hydrogens is 351 g/mol. The molecule has 0 atom stereocenters. The minimum absolute atomic E-state index is 0.583. The van der Waals surface area contributed by atoms with Crippen molar-refractivity contribution in [2.45, 2.75) is 12.2 Å². The van der Waals surface area contributed by atoms with E-state index in [0.29, 0.717) is 21.8 Å². The van der Waals surface area contributed by atoms with Gasteiger partial charge in [-0.05, 0) is 17.7 Å². The van der Waals surface area contributed by atoms with Gasteiger partial charge in [0.15, 0.2) is 0 Å². The van der Waals surface area contributed by atoms with E-state index >= 15 is 0 Å². The lowest BCUT2D eigenvalue weighted by atomic mass is 10.2. The molecular formula is C17H14Cl2N2OS. The van der Waals surface area contributed by atoms with E-state index in [1.165, 1.54) is 0 Å². The summed E-state index contributed by atoms with van der Waals surface area (Å²) in [5.41, 5.74) is 2.12. The van der Waals surface area contributed by atoms with Crippen LogP contribution in [-0.4, -0.2) is 15.9 Å². The Kier molecular flexibility index (Phi) is 5.60. The predicted molar refractivity (Wildman–Crippen MR) is 96.1 cm³/mol. The number of rotatable bonds is 6. The summed E-state index contributed by atoms with van der Waals surface area (Å²) in [6.45, 7) is 0. The fourth-order valence-corrected chi connectivity index (χ4v) is 3.24. The molecule has 6 heteroatoms. The minimum Gasteiger partial charge on any atom is -0.339 e. The highest BCUT2D eigenvalue weighted by Crippen LogP contribution is 2.25. The van der Waals surface area contributed by atoms with E-state index in [4.69, 9.17) is 27.7 Å². The third-order valence-electron chi connectivity index (χ3n) is 3.21. The second-order valence-corrected chi connectivity index (χ2v) is 6.85. The van der Waals surface area contributed by atoms with E-state index in [2.05, 4.69) is 10.1 Å². The quantitative estimate of drug-likeness (QED) is 0.539. The number of aromatic nitrogens is 2. The van der Waals surface area contributed by atoms with Gasteiger partial charge in [0.2, 0.25) is 11.7 Å². The summed E-state index contributed by atoms with van der Waals surface area (Å²) in [4.78, 5) is 4.42. The van der Waals surface area contributed by atoms with Crippen molar-refractivity contribution in [3.05, 3.63) is 70.0 Å². The zero-order chi connectivity index (χ0) is 16.1. The van der Waals surface area contributed by atoms with Gasteiger partial charge in [-0.25, -0.2) is 0 Å². The lowest BCUT2D eigenvalue weighted by Crippen LogP contribution is -1.90. The molecule has 1 heterocycles. The molecule has 3 rings (SSSR count). The van der Waals surface area contributed by atoms with Crippen LogP contribution in [0.15, 0.2) is 53.1 Å². The molecule has 3 nitrogen and oxygen atoms in total. The van der Waals surface area contributed by atoms with Crippen LogP contribution in [0.5, 0.6) is 0 Å². The molecule has 0 spiro atoms. The molecule has 1 aromatic heterocycles. The molecule has 0 unspecified atom stereocenters. The monoisotopic (exact) mass is 364 g/mol. The van der Waals surface area contributed by atoms with Crippen LogP contribution < -0.4 is 0 Å². The van der Waals surface area contributed by atoms with Crippen molar-refractivity contribution in [2.75, 3.05) is 5.75 Å². The number of thioether (sulfide) groups is 1. The normalized spacial score (nSPS) is 10.9. The maximum atomic E-state index is 6.01. The highest BCUT2D eigenvalue weighted by molar-refractivity contribution is 7.98. The fraction of sp³-hybridized carbons (Fsp3) is 0.176. The molecule has 0 saturated carbocycles. The Morgan fingerprint density at radius 1 is 1.00 bits per heavy atom. The summed E-state index contributed by atoms with van der Waals surface area (Å²) in [7, 11) is 0. The van der Waals surface area contributed by atoms with E-state index in [-0.39, 0.29) is 0 Å². The third-order valence-corrected chi connectivity index (χ3v) is 4.98. The zero-order valence-electron chi connectivity index (χ0n) is 12.2. The van der Waals surface area contributed by atoms with Crippen molar-refractivity contribution in [1.29, 1.82) is 0 Å². The summed E-state index contributed by atoms with van der Waals surface area (Å²) in [5, 5.41) is 5.19. The van der Waals surface area contributed by atoms with Crippen molar-refractivity contribution >= 4 is 35.0 Å². The lowest BCUT2D eigenvalue weighted by molar-refractivity contribution is 0.383. The fourth-order valence-electron chi connectivity index (χ4n) is 2.04. The van der Waals surface area contributed by atoms with Crippen LogP contribution in [0, 0.1) is 0 Å². The first-order chi connectivity index (χ1) is 11.2. The van der Waals surface area contributed by atoms with Gasteiger partial charge in [-0.1, -0.05) is 64.8 Å².